The zero-order valence-corrected chi connectivity index (χ0v) is 14.4. The molecular weight excluding hydrogens is 328 g/mol. The Morgan fingerprint density at radius 1 is 1.42 bits per heavy atom. The maximum Gasteiger partial charge on any atom is 0.243 e. The number of ether oxygens (including phenoxy) is 1. The SMILES string of the molecule is COCc1nn(C)c2c1CN(S(=O)(=O)c1cccc(C#N)c1)CC2. The second-order valence-electron chi connectivity index (χ2n) is 5.66. The van der Waals surface area contributed by atoms with Crippen LogP contribution >= 0.6 is 0 Å². The summed E-state index contributed by atoms with van der Waals surface area (Å²) in [6, 6.07) is 8.07. The van der Waals surface area contributed by atoms with Gasteiger partial charge in [-0.2, -0.15) is 14.7 Å². The molecule has 126 valence electrons. The van der Waals surface area contributed by atoms with Gasteiger partial charge < -0.3 is 4.74 Å². The van der Waals surface area contributed by atoms with Crippen molar-refractivity contribution in [1.82, 2.24) is 14.1 Å². The third-order valence-electron chi connectivity index (χ3n) is 4.17. The summed E-state index contributed by atoms with van der Waals surface area (Å²) >= 11 is 0. The maximum absolute atomic E-state index is 12.9. The molecule has 7 nitrogen and oxygen atoms in total. The van der Waals surface area contributed by atoms with Crippen molar-refractivity contribution < 1.29 is 13.2 Å². The van der Waals surface area contributed by atoms with E-state index in [-0.39, 0.29) is 11.4 Å². The first-order valence-electron chi connectivity index (χ1n) is 7.50. The van der Waals surface area contributed by atoms with Crippen molar-refractivity contribution in [2.75, 3.05) is 13.7 Å². The lowest BCUT2D eigenvalue weighted by molar-refractivity contribution is 0.179. The Morgan fingerprint density at radius 2 is 2.21 bits per heavy atom. The second-order valence-corrected chi connectivity index (χ2v) is 7.59. The van der Waals surface area contributed by atoms with Crippen LogP contribution in [0.25, 0.3) is 0 Å². The number of rotatable bonds is 4. The van der Waals surface area contributed by atoms with E-state index in [9.17, 15) is 8.42 Å². The van der Waals surface area contributed by atoms with Crippen LogP contribution in [0, 0.1) is 11.3 Å². The van der Waals surface area contributed by atoms with Crippen molar-refractivity contribution >= 4 is 10.0 Å². The van der Waals surface area contributed by atoms with Crippen molar-refractivity contribution in [3.63, 3.8) is 0 Å². The molecule has 0 unspecified atom stereocenters. The number of sulfonamides is 1. The Labute approximate surface area is 141 Å². The summed E-state index contributed by atoms with van der Waals surface area (Å²) in [7, 11) is -0.207. The molecule has 3 rings (SSSR count). The molecule has 8 heteroatoms. The molecule has 1 aliphatic rings. The van der Waals surface area contributed by atoms with Gasteiger partial charge in [-0.3, -0.25) is 4.68 Å². The third-order valence-corrected chi connectivity index (χ3v) is 6.01. The van der Waals surface area contributed by atoms with Gasteiger partial charge in [0.15, 0.2) is 0 Å². The molecule has 0 radical (unpaired) electrons. The standard InChI is InChI=1S/C16H18N4O3S/c1-19-16-6-7-20(10-14(16)15(18-19)11-23-2)24(21,22)13-5-3-4-12(8-13)9-17/h3-5,8H,6-7,10-11H2,1-2H3. The van der Waals surface area contributed by atoms with Gasteiger partial charge in [0, 0.05) is 44.9 Å². The van der Waals surface area contributed by atoms with Crippen LogP contribution in [0.2, 0.25) is 0 Å². The Morgan fingerprint density at radius 3 is 2.92 bits per heavy atom. The lowest BCUT2D eigenvalue weighted by atomic mass is 10.1. The zero-order chi connectivity index (χ0) is 17.3. The predicted molar refractivity (Wildman–Crippen MR) is 86.4 cm³/mol. The minimum absolute atomic E-state index is 0.141. The van der Waals surface area contributed by atoms with E-state index >= 15 is 0 Å². The van der Waals surface area contributed by atoms with Gasteiger partial charge in [-0.25, -0.2) is 8.42 Å². The van der Waals surface area contributed by atoms with Gasteiger partial charge in [-0.05, 0) is 18.2 Å². The summed E-state index contributed by atoms with van der Waals surface area (Å²) in [5, 5.41) is 13.4. The molecule has 1 aromatic carbocycles. The summed E-state index contributed by atoms with van der Waals surface area (Å²) < 4.78 is 34.2. The molecule has 0 aliphatic carbocycles. The topological polar surface area (TPSA) is 88.2 Å². The minimum Gasteiger partial charge on any atom is -0.378 e. The largest absolute Gasteiger partial charge is 0.378 e. The van der Waals surface area contributed by atoms with Crippen LogP contribution in [-0.4, -0.2) is 36.2 Å². The summed E-state index contributed by atoms with van der Waals surface area (Å²) in [6.07, 6.45) is 0.597. The van der Waals surface area contributed by atoms with E-state index in [1.54, 1.807) is 23.9 Å². The Hall–Kier alpha value is -2.21. The first kappa shape index (κ1) is 16.6. The molecule has 0 atom stereocenters. The number of nitrogens with zero attached hydrogens (tertiary/aromatic N) is 4. The average molecular weight is 346 g/mol. The highest BCUT2D eigenvalue weighted by molar-refractivity contribution is 7.89. The van der Waals surface area contributed by atoms with Crippen LogP contribution in [0.5, 0.6) is 0 Å². The van der Waals surface area contributed by atoms with Crippen LogP contribution in [0.4, 0.5) is 0 Å². The molecule has 2 heterocycles. The number of benzene rings is 1. The molecule has 0 bridgehead atoms. The van der Waals surface area contributed by atoms with Crippen molar-refractivity contribution in [1.29, 1.82) is 5.26 Å². The van der Waals surface area contributed by atoms with E-state index < -0.39 is 10.0 Å². The van der Waals surface area contributed by atoms with E-state index in [2.05, 4.69) is 5.10 Å². The number of hydrogen-bond acceptors (Lipinski definition) is 5. The summed E-state index contributed by atoms with van der Waals surface area (Å²) in [5.41, 5.74) is 3.04. The highest BCUT2D eigenvalue weighted by atomic mass is 32.2. The lowest BCUT2D eigenvalue weighted by Gasteiger charge is -2.27. The number of hydrogen-bond donors (Lipinski definition) is 0. The Kier molecular flexibility index (Phi) is 4.41. The molecule has 1 aliphatic heterocycles. The summed E-state index contributed by atoms with van der Waals surface area (Å²) in [5.74, 6) is 0. The first-order valence-corrected chi connectivity index (χ1v) is 8.94. The smallest absolute Gasteiger partial charge is 0.243 e. The molecule has 0 spiro atoms. The molecule has 0 fully saturated rings. The van der Waals surface area contributed by atoms with E-state index in [0.29, 0.717) is 25.1 Å². The van der Waals surface area contributed by atoms with Gasteiger partial charge >= 0.3 is 0 Å². The molecule has 0 saturated heterocycles. The number of nitriles is 1. The normalized spacial score (nSPS) is 15.0. The maximum atomic E-state index is 12.9. The third kappa shape index (κ3) is 2.82. The number of methoxy groups -OCH3 is 1. The fourth-order valence-electron chi connectivity index (χ4n) is 2.98. The molecule has 2 aromatic rings. The molecule has 0 N–H and O–H groups in total. The lowest BCUT2D eigenvalue weighted by Crippen LogP contribution is -2.36. The van der Waals surface area contributed by atoms with Gasteiger partial charge in [0.05, 0.1) is 28.8 Å². The van der Waals surface area contributed by atoms with Crippen LogP contribution in [0.1, 0.15) is 22.5 Å². The van der Waals surface area contributed by atoms with Crippen molar-refractivity contribution in [2.45, 2.75) is 24.5 Å². The van der Waals surface area contributed by atoms with Gasteiger partial charge in [-0.1, -0.05) is 6.07 Å². The fourth-order valence-corrected chi connectivity index (χ4v) is 4.43. The molecule has 1 aromatic heterocycles. The summed E-state index contributed by atoms with van der Waals surface area (Å²) in [6.45, 7) is 1.00. The van der Waals surface area contributed by atoms with E-state index in [0.717, 1.165) is 17.0 Å². The van der Waals surface area contributed by atoms with Gasteiger partial charge in [0.25, 0.3) is 0 Å². The van der Waals surface area contributed by atoms with Crippen molar-refractivity contribution in [3.8, 4) is 6.07 Å². The average Bonchev–Trinajstić information content (AvgIpc) is 2.91. The van der Waals surface area contributed by atoms with E-state index in [4.69, 9.17) is 10.00 Å². The fraction of sp³-hybridized carbons (Fsp3) is 0.375. The molecule has 0 amide bonds. The van der Waals surface area contributed by atoms with E-state index in [1.165, 1.54) is 16.4 Å². The Balaban J connectivity index is 1.96. The number of aromatic nitrogens is 2. The molecule has 0 saturated carbocycles. The van der Waals surface area contributed by atoms with Gasteiger partial charge in [-0.15, -0.1) is 0 Å². The van der Waals surface area contributed by atoms with Crippen LogP contribution < -0.4 is 0 Å². The van der Waals surface area contributed by atoms with E-state index in [1.807, 2.05) is 13.1 Å². The summed E-state index contributed by atoms with van der Waals surface area (Å²) in [4.78, 5) is 0.141. The monoisotopic (exact) mass is 346 g/mol. The van der Waals surface area contributed by atoms with Crippen LogP contribution in [0.15, 0.2) is 29.2 Å². The van der Waals surface area contributed by atoms with Crippen LogP contribution in [0.3, 0.4) is 0 Å². The highest BCUT2D eigenvalue weighted by Crippen LogP contribution is 2.27. The van der Waals surface area contributed by atoms with Crippen molar-refractivity contribution in [3.05, 3.63) is 46.8 Å². The van der Waals surface area contributed by atoms with Gasteiger partial charge in [0.2, 0.25) is 10.0 Å². The van der Waals surface area contributed by atoms with Gasteiger partial charge in [0.1, 0.15) is 0 Å². The predicted octanol–water partition coefficient (Wildman–Crippen LogP) is 1.19. The second kappa shape index (κ2) is 6.36. The molecule has 24 heavy (non-hydrogen) atoms. The minimum atomic E-state index is -3.66. The van der Waals surface area contributed by atoms with Crippen molar-refractivity contribution in [2.24, 2.45) is 7.05 Å². The Bertz CT molecular complexity index is 912. The quantitative estimate of drug-likeness (QED) is 0.829. The zero-order valence-electron chi connectivity index (χ0n) is 13.6. The first-order chi connectivity index (χ1) is 11.5. The molecular formula is C16H18N4O3S. The highest BCUT2D eigenvalue weighted by Gasteiger charge is 2.31. The number of fused-ring (bicyclic) bond motifs is 1. The number of aryl methyl sites for hydroxylation is 1. The van der Waals surface area contributed by atoms with Crippen LogP contribution in [-0.2, 0) is 41.4 Å².